The average Bonchev–Trinajstić information content (AvgIpc) is 2.92. The molecule has 2 aromatic carbocycles. The topological polar surface area (TPSA) is 73.8 Å². The van der Waals surface area contributed by atoms with Crippen LogP contribution in [0.2, 0.25) is 0 Å². The summed E-state index contributed by atoms with van der Waals surface area (Å²) in [4.78, 5) is 21.8. The largest absolute Gasteiger partial charge is 0.416 e. The van der Waals surface area contributed by atoms with Crippen molar-refractivity contribution in [2.75, 3.05) is 44.2 Å². The smallest absolute Gasteiger partial charge is 0.367 e. The lowest BCUT2D eigenvalue weighted by Crippen LogP contribution is -2.53. The highest BCUT2D eigenvalue weighted by atomic mass is 32.2. The lowest BCUT2D eigenvalue weighted by atomic mass is 9.97. The summed E-state index contributed by atoms with van der Waals surface area (Å²) in [6.45, 7) is 4.57. The molecule has 3 heterocycles. The van der Waals surface area contributed by atoms with Crippen molar-refractivity contribution in [3.63, 3.8) is 0 Å². The van der Waals surface area contributed by atoms with E-state index in [1.54, 1.807) is 4.90 Å². The number of alkyl halides is 3. The van der Waals surface area contributed by atoms with Gasteiger partial charge in [-0.15, -0.1) is 0 Å². The molecule has 2 saturated heterocycles. The summed E-state index contributed by atoms with van der Waals surface area (Å²) in [5, 5.41) is 1.06. The van der Waals surface area contributed by atoms with Crippen molar-refractivity contribution in [1.82, 2.24) is 14.2 Å². The number of piperidine rings is 1. The van der Waals surface area contributed by atoms with E-state index in [2.05, 4.69) is 16.0 Å². The molecule has 0 aliphatic carbocycles. The Morgan fingerprint density at radius 1 is 0.974 bits per heavy atom. The Hall–Kier alpha value is -3.18. The van der Waals surface area contributed by atoms with Crippen molar-refractivity contribution in [3.8, 4) is 0 Å². The molecule has 7 nitrogen and oxygen atoms in total. The molecular formula is C27H29F3N4O3S. The molecule has 0 N–H and O–H groups in total. The van der Waals surface area contributed by atoms with E-state index in [0.717, 1.165) is 46.5 Å². The number of halogens is 3. The Balaban J connectivity index is 1.24. The lowest BCUT2D eigenvalue weighted by Gasteiger charge is -2.39. The number of aryl methyl sites for hydroxylation is 1. The molecule has 2 aliphatic rings. The van der Waals surface area contributed by atoms with Gasteiger partial charge < -0.3 is 9.80 Å². The van der Waals surface area contributed by atoms with E-state index >= 15 is 0 Å². The van der Waals surface area contributed by atoms with Gasteiger partial charge in [0.15, 0.2) is 0 Å². The Kier molecular flexibility index (Phi) is 7.08. The molecule has 1 amide bonds. The van der Waals surface area contributed by atoms with E-state index in [9.17, 15) is 26.4 Å². The molecule has 0 bridgehead atoms. The second-order valence-corrected chi connectivity index (χ2v) is 11.8. The van der Waals surface area contributed by atoms with Gasteiger partial charge in [0.1, 0.15) is 0 Å². The fourth-order valence-corrected chi connectivity index (χ4v) is 6.82. The number of fused-ring (bicyclic) bond motifs is 1. The van der Waals surface area contributed by atoms with Crippen LogP contribution in [0.5, 0.6) is 0 Å². The van der Waals surface area contributed by atoms with Crippen molar-refractivity contribution in [1.29, 1.82) is 0 Å². The number of pyridine rings is 1. The number of hydrogen-bond acceptors (Lipinski definition) is 5. The van der Waals surface area contributed by atoms with E-state index < -0.39 is 27.7 Å². The number of aromatic nitrogens is 1. The van der Waals surface area contributed by atoms with Crippen molar-refractivity contribution < 1.29 is 26.4 Å². The zero-order chi connectivity index (χ0) is 27.1. The maximum absolute atomic E-state index is 13.4. The number of para-hydroxylation sites is 1. The molecule has 1 unspecified atom stereocenters. The predicted octanol–water partition coefficient (Wildman–Crippen LogP) is 4.31. The number of hydrogen-bond donors (Lipinski definition) is 0. The quantitative estimate of drug-likeness (QED) is 0.488. The van der Waals surface area contributed by atoms with Crippen LogP contribution in [-0.2, 0) is 21.0 Å². The number of nitrogens with zero attached hydrogens (tertiary/aromatic N) is 4. The lowest BCUT2D eigenvalue weighted by molar-refractivity contribution is -0.138. The molecule has 1 aromatic heterocycles. The van der Waals surface area contributed by atoms with Crippen LogP contribution in [0.4, 0.5) is 18.9 Å². The van der Waals surface area contributed by atoms with Gasteiger partial charge in [0.2, 0.25) is 15.9 Å². The fourth-order valence-electron chi connectivity index (χ4n) is 5.30. The summed E-state index contributed by atoms with van der Waals surface area (Å²) in [5.74, 6) is -0.559. The van der Waals surface area contributed by atoms with Crippen LogP contribution in [0, 0.1) is 12.8 Å². The molecule has 202 valence electrons. The van der Waals surface area contributed by atoms with E-state index in [1.807, 2.05) is 31.2 Å². The second kappa shape index (κ2) is 10.2. The molecule has 2 fully saturated rings. The van der Waals surface area contributed by atoms with Gasteiger partial charge >= 0.3 is 6.18 Å². The summed E-state index contributed by atoms with van der Waals surface area (Å²) in [6, 6.07) is 13.5. The zero-order valence-electron chi connectivity index (χ0n) is 21.0. The first-order valence-corrected chi connectivity index (χ1v) is 14.1. The van der Waals surface area contributed by atoms with Crippen LogP contribution >= 0.6 is 0 Å². The number of amides is 1. The van der Waals surface area contributed by atoms with Gasteiger partial charge in [0.05, 0.1) is 21.9 Å². The molecular weight excluding hydrogens is 517 g/mol. The third-order valence-corrected chi connectivity index (χ3v) is 9.19. The monoisotopic (exact) mass is 546 g/mol. The Labute approximate surface area is 219 Å². The first-order chi connectivity index (χ1) is 18.0. The summed E-state index contributed by atoms with van der Waals surface area (Å²) in [5.41, 5.74) is 2.04. The normalized spacial score (nSPS) is 19.6. The van der Waals surface area contributed by atoms with Crippen LogP contribution in [-0.4, -0.2) is 67.8 Å². The fraction of sp³-hybridized carbons (Fsp3) is 0.407. The third-order valence-electron chi connectivity index (χ3n) is 7.31. The van der Waals surface area contributed by atoms with Crippen molar-refractivity contribution >= 4 is 32.5 Å². The number of anilines is 1. The van der Waals surface area contributed by atoms with E-state index in [1.165, 1.54) is 4.31 Å². The van der Waals surface area contributed by atoms with Gasteiger partial charge in [-0.1, -0.05) is 18.2 Å². The number of carbonyl (C=O) groups excluding carboxylic acids is 1. The van der Waals surface area contributed by atoms with E-state index in [-0.39, 0.29) is 23.9 Å². The number of sulfonamides is 1. The standard InChI is InChI=1S/C27H29F3N4O3S/c1-19-17-25(23-6-2-3-7-24(23)31-19)32-13-15-33(16-14-32)26(35)20-5-4-12-34(18-20)38(36,37)22-10-8-21(9-11-22)27(28,29)30/h2-3,6-11,17,20H,4-5,12-16,18H2,1H3. The first kappa shape index (κ1) is 26.4. The van der Waals surface area contributed by atoms with Gasteiger partial charge in [-0.25, -0.2) is 8.42 Å². The number of benzene rings is 2. The summed E-state index contributed by atoms with van der Waals surface area (Å²) in [7, 11) is -4.01. The minimum atomic E-state index is -4.54. The molecule has 0 saturated carbocycles. The minimum Gasteiger partial charge on any atom is -0.367 e. The Morgan fingerprint density at radius 3 is 2.34 bits per heavy atom. The maximum atomic E-state index is 13.4. The van der Waals surface area contributed by atoms with Crippen molar-refractivity contribution in [2.45, 2.75) is 30.8 Å². The van der Waals surface area contributed by atoms with Gasteiger partial charge in [-0.3, -0.25) is 9.78 Å². The zero-order valence-corrected chi connectivity index (χ0v) is 21.8. The van der Waals surface area contributed by atoms with Gasteiger partial charge in [0, 0.05) is 56.0 Å². The second-order valence-electron chi connectivity index (χ2n) is 9.84. The number of rotatable bonds is 4. The Bertz CT molecular complexity index is 1440. The molecule has 11 heteroatoms. The van der Waals surface area contributed by atoms with E-state index in [4.69, 9.17) is 0 Å². The molecule has 0 spiro atoms. The van der Waals surface area contributed by atoms with Crippen LogP contribution in [0.15, 0.2) is 59.5 Å². The Morgan fingerprint density at radius 2 is 1.66 bits per heavy atom. The van der Waals surface area contributed by atoms with Crippen LogP contribution < -0.4 is 4.90 Å². The molecule has 2 aliphatic heterocycles. The maximum Gasteiger partial charge on any atom is 0.416 e. The van der Waals surface area contributed by atoms with Crippen LogP contribution in [0.3, 0.4) is 0 Å². The number of piperazine rings is 1. The summed E-state index contributed by atoms with van der Waals surface area (Å²) >= 11 is 0. The molecule has 0 radical (unpaired) electrons. The van der Waals surface area contributed by atoms with Crippen LogP contribution in [0.1, 0.15) is 24.1 Å². The molecule has 1 atom stereocenters. The van der Waals surface area contributed by atoms with E-state index in [0.29, 0.717) is 39.0 Å². The SMILES string of the molecule is Cc1cc(N2CCN(C(=O)C3CCCN(S(=O)(=O)c4ccc(C(F)(F)F)cc4)C3)CC2)c2ccccc2n1. The summed E-state index contributed by atoms with van der Waals surface area (Å²) < 4.78 is 66.2. The highest BCUT2D eigenvalue weighted by Crippen LogP contribution is 2.32. The highest BCUT2D eigenvalue weighted by Gasteiger charge is 2.37. The van der Waals surface area contributed by atoms with Gasteiger partial charge in [-0.2, -0.15) is 17.5 Å². The van der Waals surface area contributed by atoms with Crippen LogP contribution in [0.25, 0.3) is 10.9 Å². The number of carbonyl (C=O) groups is 1. The third kappa shape index (κ3) is 5.22. The molecule has 3 aromatic rings. The first-order valence-electron chi connectivity index (χ1n) is 12.6. The minimum absolute atomic E-state index is 0.0244. The van der Waals surface area contributed by atoms with Gasteiger partial charge in [-0.05, 0) is 56.2 Å². The van der Waals surface area contributed by atoms with Crippen molar-refractivity contribution in [3.05, 3.63) is 65.9 Å². The predicted molar refractivity (Wildman–Crippen MR) is 138 cm³/mol. The summed E-state index contributed by atoms with van der Waals surface area (Å²) in [6.07, 6.45) is -3.46. The van der Waals surface area contributed by atoms with Crippen molar-refractivity contribution in [2.24, 2.45) is 5.92 Å². The average molecular weight is 547 g/mol. The highest BCUT2D eigenvalue weighted by molar-refractivity contribution is 7.89. The van der Waals surface area contributed by atoms with Gasteiger partial charge in [0.25, 0.3) is 0 Å². The molecule has 38 heavy (non-hydrogen) atoms. The molecule has 5 rings (SSSR count).